The highest BCUT2D eigenvalue weighted by atomic mass is 19.1. The number of ether oxygens (including phenoxy) is 1. The van der Waals surface area contributed by atoms with Gasteiger partial charge in [0.1, 0.15) is 11.5 Å². The first-order chi connectivity index (χ1) is 14.1. The summed E-state index contributed by atoms with van der Waals surface area (Å²) in [6.07, 6.45) is 8.40. The van der Waals surface area contributed by atoms with Crippen LogP contribution in [0.5, 0.6) is 0 Å². The first-order valence-corrected chi connectivity index (χ1v) is 10.4. The van der Waals surface area contributed by atoms with Crippen molar-refractivity contribution in [1.29, 1.82) is 0 Å². The van der Waals surface area contributed by atoms with Gasteiger partial charge in [-0.05, 0) is 42.7 Å². The van der Waals surface area contributed by atoms with Gasteiger partial charge in [0, 0.05) is 44.2 Å². The number of aromatic amines is 1. The van der Waals surface area contributed by atoms with E-state index in [0.717, 1.165) is 38.0 Å². The van der Waals surface area contributed by atoms with Crippen molar-refractivity contribution in [3.05, 3.63) is 65.7 Å². The van der Waals surface area contributed by atoms with E-state index in [-0.39, 0.29) is 23.4 Å². The molecular formula is C23H26FN3O2. The highest BCUT2D eigenvalue weighted by Gasteiger charge is 2.62. The van der Waals surface area contributed by atoms with E-state index in [4.69, 9.17) is 4.74 Å². The van der Waals surface area contributed by atoms with Gasteiger partial charge in [0.25, 0.3) is 5.91 Å². The SMILES string of the molecule is O=C(NC[C@H]1[C@H]2CN(C/C=C/c3ccc(F)cc3)C[C@]23CC[C@H]1O3)c1ccc[nH]1. The van der Waals surface area contributed by atoms with Crippen LogP contribution in [0.1, 0.15) is 28.9 Å². The zero-order valence-corrected chi connectivity index (χ0v) is 16.3. The zero-order valence-electron chi connectivity index (χ0n) is 16.3. The van der Waals surface area contributed by atoms with E-state index in [1.807, 2.05) is 12.1 Å². The predicted octanol–water partition coefficient (Wildman–Crippen LogP) is 3.08. The van der Waals surface area contributed by atoms with E-state index >= 15 is 0 Å². The van der Waals surface area contributed by atoms with Gasteiger partial charge in [-0.3, -0.25) is 9.69 Å². The maximum absolute atomic E-state index is 13.0. The molecule has 4 heterocycles. The van der Waals surface area contributed by atoms with E-state index < -0.39 is 0 Å². The second kappa shape index (κ2) is 7.43. The van der Waals surface area contributed by atoms with E-state index in [1.54, 1.807) is 24.4 Å². The molecule has 5 rings (SSSR count). The van der Waals surface area contributed by atoms with Gasteiger partial charge in [-0.2, -0.15) is 0 Å². The molecule has 2 aromatic rings. The Morgan fingerprint density at radius 2 is 2.21 bits per heavy atom. The Hall–Kier alpha value is -2.44. The normalized spacial score (nSPS) is 30.9. The number of benzene rings is 1. The summed E-state index contributed by atoms with van der Waals surface area (Å²) >= 11 is 0. The molecule has 1 aromatic carbocycles. The first-order valence-electron chi connectivity index (χ1n) is 10.4. The molecule has 0 radical (unpaired) electrons. The van der Waals surface area contributed by atoms with Crippen molar-refractivity contribution in [2.75, 3.05) is 26.2 Å². The largest absolute Gasteiger partial charge is 0.370 e. The Morgan fingerprint density at radius 1 is 1.34 bits per heavy atom. The van der Waals surface area contributed by atoms with Crippen LogP contribution in [0, 0.1) is 17.7 Å². The van der Waals surface area contributed by atoms with Gasteiger partial charge < -0.3 is 15.0 Å². The van der Waals surface area contributed by atoms with Gasteiger partial charge in [-0.25, -0.2) is 4.39 Å². The van der Waals surface area contributed by atoms with E-state index in [0.29, 0.717) is 24.1 Å². The third kappa shape index (κ3) is 3.51. The lowest BCUT2D eigenvalue weighted by atomic mass is 9.73. The molecular weight excluding hydrogens is 369 g/mol. The number of carbonyl (C=O) groups excluding carboxylic acids is 1. The van der Waals surface area contributed by atoms with Crippen molar-refractivity contribution >= 4 is 12.0 Å². The Morgan fingerprint density at radius 3 is 3.00 bits per heavy atom. The molecule has 0 saturated carbocycles. The average molecular weight is 395 g/mol. The van der Waals surface area contributed by atoms with Crippen LogP contribution in [0.15, 0.2) is 48.7 Å². The number of H-pyrrole nitrogens is 1. The molecule has 5 nitrogen and oxygen atoms in total. The molecule has 1 aromatic heterocycles. The van der Waals surface area contributed by atoms with Crippen LogP contribution in [0.25, 0.3) is 6.08 Å². The topological polar surface area (TPSA) is 57.4 Å². The molecule has 152 valence electrons. The Balaban J connectivity index is 1.19. The molecule has 3 aliphatic heterocycles. The number of fused-ring (bicyclic) bond motifs is 1. The summed E-state index contributed by atoms with van der Waals surface area (Å²) < 4.78 is 19.5. The molecule has 1 amide bonds. The van der Waals surface area contributed by atoms with Gasteiger partial charge >= 0.3 is 0 Å². The summed E-state index contributed by atoms with van der Waals surface area (Å²) in [6.45, 7) is 3.45. The van der Waals surface area contributed by atoms with Crippen LogP contribution in [-0.4, -0.2) is 53.7 Å². The minimum atomic E-state index is -0.212. The highest BCUT2D eigenvalue weighted by molar-refractivity contribution is 5.92. The molecule has 3 fully saturated rings. The van der Waals surface area contributed by atoms with Crippen LogP contribution in [-0.2, 0) is 4.74 Å². The van der Waals surface area contributed by atoms with Crippen molar-refractivity contribution in [2.24, 2.45) is 11.8 Å². The van der Waals surface area contributed by atoms with Crippen LogP contribution >= 0.6 is 0 Å². The predicted molar refractivity (Wildman–Crippen MR) is 109 cm³/mol. The smallest absolute Gasteiger partial charge is 0.267 e. The number of amides is 1. The Labute approximate surface area is 169 Å². The maximum atomic E-state index is 13.0. The van der Waals surface area contributed by atoms with Gasteiger partial charge in [0.15, 0.2) is 0 Å². The number of halogens is 1. The van der Waals surface area contributed by atoms with Crippen molar-refractivity contribution in [3.63, 3.8) is 0 Å². The lowest BCUT2D eigenvalue weighted by Crippen LogP contribution is -2.42. The number of rotatable bonds is 6. The maximum Gasteiger partial charge on any atom is 0.267 e. The van der Waals surface area contributed by atoms with E-state index in [9.17, 15) is 9.18 Å². The standard InChI is InChI=1S/C23H26FN3O2/c24-17-7-5-16(6-8-17)3-2-12-27-14-19-18(21-9-10-23(19,15-27)29-21)13-26-22(28)20-4-1-11-25-20/h1-8,11,18-19,21,25H,9-10,12-15H2,(H,26,28)/b3-2+/t18-,19+,21+,23+/m0/s1. The van der Waals surface area contributed by atoms with Crippen LogP contribution in [0.3, 0.4) is 0 Å². The number of nitrogens with one attached hydrogen (secondary N) is 2. The summed E-state index contributed by atoms with van der Waals surface area (Å²) in [4.78, 5) is 17.7. The molecule has 2 bridgehead atoms. The molecule has 3 aliphatic rings. The monoisotopic (exact) mass is 395 g/mol. The Bertz CT molecular complexity index is 895. The average Bonchev–Trinajstić information content (AvgIpc) is 3.48. The first kappa shape index (κ1) is 18.6. The zero-order chi connectivity index (χ0) is 19.8. The Kier molecular flexibility index (Phi) is 4.76. The minimum absolute atomic E-state index is 0.0454. The second-order valence-corrected chi connectivity index (χ2v) is 8.47. The fraction of sp³-hybridized carbons (Fsp3) is 0.435. The number of hydrogen-bond acceptors (Lipinski definition) is 3. The quantitative estimate of drug-likeness (QED) is 0.790. The third-order valence-corrected chi connectivity index (χ3v) is 6.74. The van der Waals surface area contributed by atoms with Crippen LogP contribution in [0.4, 0.5) is 4.39 Å². The van der Waals surface area contributed by atoms with Crippen LogP contribution < -0.4 is 5.32 Å². The van der Waals surface area contributed by atoms with Crippen molar-refractivity contribution in [2.45, 2.75) is 24.5 Å². The number of aromatic nitrogens is 1. The molecule has 2 N–H and O–H groups in total. The number of likely N-dealkylation sites (tertiary alicyclic amines) is 1. The molecule has 0 aliphatic carbocycles. The highest BCUT2D eigenvalue weighted by Crippen LogP contribution is 2.54. The van der Waals surface area contributed by atoms with Gasteiger partial charge in [-0.1, -0.05) is 24.3 Å². The van der Waals surface area contributed by atoms with Crippen molar-refractivity contribution in [3.8, 4) is 0 Å². The molecule has 3 saturated heterocycles. The van der Waals surface area contributed by atoms with Crippen molar-refractivity contribution in [1.82, 2.24) is 15.2 Å². The number of carbonyl (C=O) groups is 1. The van der Waals surface area contributed by atoms with Gasteiger partial charge in [-0.15, -0.1) is 0 Å². The number of hydrogen-bond donors (Lipinski definition) is 2. The second-order valence-electron chi connectivity index (χ2n) is 8.47. The van der Waals surface area contributed by atoms with Crippen molar-refractivity contribution < 1.29 is 13.9 Å². The molecule has 29 heavy (non-hydrogen) atoms. The van der Waals surface area contributed by atoms with Gasteiger partial charge in [0.2, 0.25) is 0 Å². The number of nitrogens with zero attached hydrogens (tertiary/aromatic N) is 1. The van der Waals surface area contributed by atoms with E-state index in [2.05, 4.69) is 21.3 Å². The third-order valence-electron chi connectivity index (χ3n) is 6.74. The summed E-state index contributed by atoms with van der Waals surface area (Å²) in [7, 11) is 0. The fourth-order valence-corrected chi connectivity index (χ4v) is 5.39. The summed E-state index contributed by atoms with van der Waals surface area (Å²) in [5.41, 5.74) is 1.56. The lowest BCUT2D eigenvalue weighted by molar-refractivity contribution is 0.00366. The lowest BCUT2D eigenvalue weighted by Gasteiger charge is -2.29. The fourth-order valence-electron chi connectivity index (χ4n) is 5.39. The van der Waals surface area contributed by atoms with Crippen LogP contribution in [0.2, 0.25) is 0 Å². The summed E-state index contributed by atoms with van der Waals surface area (Å²) in [6, 6.07) is 10.2. The molecule has 6 heteroatoms. The van der Waals surface area contributed by atoms with Gasteiger partial charge in [0.05, 0.1) is 11.7 Å². The molecule has 1 spiro atoms. The summed E-state index contributed by atoms with van der Waals surface area (Å²) in [5, 5.41) is 3.09. The van der Waals surface area contributed by atoms with E-state index in [1.165, 1.54) is 12.1 Å². The summed E-state index contributed by atoms with van der Waals surface area (Å²) in [5.74, 6) is 0.568. The molecule has 4 atom stereocenters. The minimum Gasteiger partial charge on any atom is -0.370 e. The molecule has 0 unspecified atom stereocenters.